The highest BCUT2D eigenvalue weighted by Gasteiger charge is 2.49. The van der Waals surface area contributed by atoms with Crippen molar-refractivity contribution in [3.05, 3.63) is 0 Å². The molecule has 0 unspecified atom stereocenters. The SMILES string of the molecule is O=C(OC12CNCC(CNC1)C2)C(F)(F)F. The summed E-state index contributed by atoms with van der Waals surface area (Å²) in [7, 11) is 0. The molecular formula is C9H13F3N2O2. The minimum absolute atomic E-state index is 0.225. The molecule has 0 spiro atoms. The van der Waals surface area contributed by atoms with Gasteiger partial charge in [-0.2, -0.15) is 13.2 Å². The van der Waals surface area contributed by atoms with E-state index in [1.165, 1.54) is 0 Å². The fourth-order valence-corrected chi connectivity index (χ4v) is 2.33. The van der Waals surface area contributed by atoms with E-state index in [9.17, 15) is 18.0 Å². The van der Waals surface area contributed by atoms with E-state index in [4.69, 9.17) is 0 Å². The molecule has 7 heteroatoms. The summed E-state index contributed by atoms with van der Waals surface area (Å²) in [5.41, 5.74) is -1.03. The molecule has 2 fully saturated rings. The van der Waals surface area contributed by atoms with Gasteiger partial charge in [-0.05, 0) is 25.4 Å². The molecule has 2 rings (SSSR count). The summed E-state index contributed by atoms with van der Waals surface area (Å²) in [6.07, 6.45) is -4.42. The number of carbonyl (C=O) groups excluding carboxylic acids is 1. The lowest BCUT2D eigenvalue weighted by Crippen LogP contribution is -2.63. The molecule has 0 aromatic heterocycles. The molecule has 2 bridgehead atoms. The molecule has 0 amide bonds. The van der Waals surface area contributed by atoms with Gasteiger partial charge in [0.15, 0.2) is 0 Å². The summed E-state index contributed by atoms with van der Waals surface area (Å²) < 4.78 is 41.0. The molecule has 2 saturated heterocycles. The number of fused-ring (bicyclic) bond motifs is 2. The van der Waals surface area contributed by atoms with Crippen molar-refractivity contribution in [3.63, 3.8) is 0 Å². The van der Waals surface area contributed by atoms with Gasteiger partial charge in [0.25, 0.3) is 0 Å². The summed E-state index contributed by atoms with van der Waals surface area (Å²) in [4.78, 5) is 10.8. The molecule has 0 aromatic rings. The molecule has 0 saturated carbocycles. The van der Waals surface area contributed by atoms with Gasteiger partial charge in [-0.3, -0.25) is 0 Å². The monoisotopic (exact) mass is 238 g/mol. The van der Waals surface area contributed by atoms with E-state index in [0.29, 0.717) is 6.42 Å². The van der Waals surface area contributed by atoms with Gasteiger partial charge in [0.1, 0.15) is 5.60 Å². The van der Waals surface area contributed by atoms with Crippen LogP contribution in [0.5, 0.6) is 0 Å². The van der Waals surface area contributed by atoms with Gasteiger partial charge in [-0.15, -0.1) is 0 Å². The lowest BCUT2D eigenvalue weighted by atomic mass is 9.83. The topological polar surface area (TPSA) is 50.4 Å². The summed E-state index contributed by atoms with van der Waals surface area (Å²) in [5, 5.41) is 6.00. The Hall–Kier alpha value is -0.820. The van der Waals surface area contributed by atoms with E-state index in [2.05, 4.69) is 15.4 Å². The Kier molecular flexibility index (Phi) is 2.83. The van der Waals surface area contributed by atoms with E-state index in [1.54, 1.807) is 0 Å². The van der Waals surface area contributed by atoms with Crippen LogP contribution < -0.4 is 10.6 Å². The fraction of sp³-hybridized carbons (Fsp3) is 0.889. The van der Waals surface area contributed by atoms with E-state index in [1.807, 2.05) is 0 Å². The third-order valence-electron chi connectivity index (χ3n) is 2.96. The van der Waals surface area contributed by atoms with E-state index in [0.717, 1.165) is 13.1 Å². The lowest BCUT2D eigenvalue weighted by Gasteiger charge is -2.44. The quantitative estimate of drug-likeness (QED) is 0.633. The molecule has 4 nitrogen and oxygen atoms in total. The van der Waals surface area contributed by atoms with Gasteiger partial charge in [0.2, 0.25) is 0 Å². The van der Waals surface area contributed by atoms with Crippen molar-refractivity contribution in [1.29, 1.82) is 0 Å². The summed E-state index contributed by atoms with van der Waals surface area (Å²) in [6.45, 7) is 2.05. The van der Waals surface area contributed by atoms with Crippen LogP contribution in [0.15, 0.2) is 0 Å². The molecule has 2 aliphatic heterocycles. The van der Waals surface area contributed by atoms with Crippen molar-refractivity contribution in [1.82, 2.24) is 10.6 Å². The van der Waals surface area contributed by atoms with Gasteiger partial charge >= 0.3 is 12.1 Å². The fourth-order valence-electron chi connectivity index (χ4n) is 2.33. The van der Waals surface area contributed by atoms with Crippen LogP contribution in [0.2, 0.25) is 0 Å². The molecule has 2 aliphatic rings. The number of rotatable bonds is 1. The van der Waals surface area contributed by atoms with Crippen molar-refractivity contribution < 1.29 is 22.7 Å². The third-order valence-corrected chi connectivity index (χ3v) is 2.96. The smallest absolute Gasteiger partial charge is 0.450 e. The maximum Gasteiger partial charge on any atom is 0.490 e. The number of carbonyl (C=O) groups is 1. The van der Waals surface area contributed by atoms with Crippen molar-refractivity contribution in [2.75, 3.05) is 26.2 Å². The zero-order valence-electron chi connectivity index (χ0n) is 8.56. The van der Waals surface area contributed by atoms with E-state index in [-0.39, 0.29) is 19.0 Å². The van der Waals surface area contributed by atoms with Gasteiger partial charge in [0, 0.05) is 13.1 Å². The number of hydrogen-bond donors (Lipinski definition) is 2. The largest absolute Gasteiger partial charge is 0.490 e. The Balaban J connectivity index is 2.04. The van der Waals surface area contributed by atoms with Crippen molar-refractivity contribution in [2.45, 2.75) is 18.2 Å². The molecular weight excluding hydrogens is 225 g/mol. The minimum Gasteiger partial charge on any atom is -0.450 e. The second kappa shape index (κ2) is 3.89. The first kappa shape index (κ1) is 11.7. The Bertz CT molecular complexity index is 283. The molecule has 0 radical (unpaired) electrons. The molecule has 0 aromatic carbocycles. The predicted octanol–water partition coefficient (Wildman–Crippen LogP) is 0.0434. The maximum absolute atomic E-state index is 12.1. The number of hydrogen-bond acceptors (Lipinski definition) is 4. The molecule has 2 N–H and O–H groups in total. The van der Waals surface area contributed by atoms with Crippen LogP contribution in [0.25, 0.3) is 0 Å². The van der Waals surface area contributed by atoms with Crippen LogP contribution in [-0.2, 0) is 9.53 Å². The lowest BCUT2D eigenvalue weighted by molar-refractivity contribution is -0.217. The zero-order chi connectivity index (χ0) is 11.8. The van der Waals surface area contributed by atoms with Crippen LogP contribution in [0.3, 0.4) is 0 Å². The molecule has 0 atom stereocenters. The number of alkyl halides is 3. The van der Waals surface area contributed by atoms with Crippen LogP contribution in [0.4, 0.5) is 13.2 Å². The third kappa shape index (κ3) is 2.30. The highest BCUT2D eigenvalue weighted by atomic mass is 19.4. The highest BCUT2D eigenvalue weighted by Crippen LogP contribution is 2.30. The van der Waals surface area contributed by atoms with E-state index >= 15 is 0 Å². The number of piperidine rings is 2. The van der Waals surface area contributed by atoms with Crippen LogP contribution in [0, 0.1) is 5.92 Å². The molecule has 16 heavy (non-hydrogen) atoms. The van der Waals surface area contributed by atoms with Crippen molar-refractivity contribution in [3.8, 4) is 0 Å². The Labute approximate surface area is 90.5 Å². The summed E-state index contributed by atoms with van der Waals surface area (Å²) >= 11 is 0. The van der Waals surface area contributed by atoms with Crippen molar-refractivity contribution in [2.24, 2.45) is 5.92 Å². The zero-order valence-corrected chi connectivity index (χ0v) is 8.56. The number of ether oxygens (including phenoxy) is 1. The normalized spacial score (nSPS) is 34.6. The average molecular weight is 238 g/mol. The van der Waals surface area contributed by atoms with Gasteiger partial charge < -0.3 is 15.4 Å². The number of halogens is 3. The first-order valence-electron chi connectivity index (χ1n) is 5.13. The first-order chi connectivity index (χ1) is 7.41. The average Bonchev–Trinajstić information content (AvgIpc) is 2.15. The number of nitrogens with one attached hydrogen (secondary N) is 2. The summed E-state index contributed by atoms with van der Waals surface area (Å²) in [6, 6.07) is 0. The van der Waals surface area contributed by atoms with Crippen molar-refractivity contribution >= 4 is 5.97 Å². The predicted molar refractivity (Wildman–Crippen MR) is 48.7 cm³/mol. The number of esters is 1. The van der Waals surface area contributed by atoms with Crippen LogP contribution in [0.1, 0.15) is 6.42 Å². The molecule has 0 aliphatic carbocycles. The maximum atomic E-state index is 12.1. The van der Waals surface area contributed by atoms with Gasteiger partial charge in [0.05, 0.1) is 0 Å². The second-order valence-electron chi connectivity index (χ2n) is 4.40. The van der Waals surface area contributed by atoms with Gasteiger partial charge in [-0.25, -0.2) is 4.79 Å². The highest BCUT2D eigenvalue weighted by molar-refractivity contribution is 5.76. The Morgan fingerprint density at radius 1 is 1.25 bits per heavy atom. The Morgan fingerprint density at radius 3 is 2.31 bits per heavy atom. The van der Waals surface area contributed by atoms with Crippen LogP contribution in [-0.4, -0.2) is 43.9 Å². The standard InChI is InChI=1S/C9H13F3N2O2/c10-9(11,12)7(15)16-8-1-6(2-13-4-8)3-14-5-8/h6,13-14H,1-5H2. The van der Waals surface area contributed by atoms with Crippen LogP contribution >= 0.6 is 0 Å². The van der Waals surface area contributed by atoms with E-state index < -0.39 is 17.7 Å². The molecule has 92 valence electrons. The second-order valence-corrected chi connectivity index (χ2v) is 4.40. The molecule has 2 heterocycles. The van der Waals surface area contributed by atoms with Gasteiger partial charge in [-0.1, -0.05) is 0 Å². The summed E-state index contributed by atoms with van der Waals surface area (Å²) in [5.74, 6) is -1.87. The Morgan fingerprint density at radius 2 is 1.81 bits per heavy atom. The minimum atomic E-state index is -4.92. The first-order valence-corrected chi connectivity index (χ1v) is 5.13.